The molecule has 1 amide bonds. The third-order valence-electron chi connectivity index (χ3n) is 4.26. The number of halogens is 1. The normalized spacial score (nSPS) is 11.0. The number of amides is 1. The van der Waals surface area contributed by atoms with Gasteiger partial charge in [0.25, 0.3) is 5.91 Å². The number of rotatable bonds is 6. The van der Waals surface area contributed by atoms with Crippen molar-refractivity contribution in [3.8, 4) is 11.3 Å². The van der Waals surface area contributed by atoms with Crippen molar-refractivity contribution in [2.75, 3.05) is 6.61 Å². The van der Waals surface area contributed by atoms with Crippen molar-refractivity contribution in [1.82, 2.24) is 10.4 Å². The SMILES string of the molecule is CCOC(=O)c1[nH]c(C)c(C(=O)N/N=C\c2ccc(-c3ccc(Cl)cc3)o2)c1C. The molecule has 0 radical (unpaired) electrons. The maximum absolute atomic E-state index is 12.5. The maximum Gasteiger partial charge on any atom is 0.355 e. The first-order valence-electron chi connectivity index (χ1n) is 8.96. The van der Waals surface area contributed by atoms with Crippen molar-refractivity contribution in [3.05, 3.63) is 69.7 Å². The molecule has 0 aliphatic heterocycles. The predicted molar refractivity (Wildman–Crippen MR) is 110 cm³/mol. The zero-order valence-corrected chi connectivity index (χ0v) is 17.0. The summed E-state index contributed by atoms with van der Waals surface area (Å²) in [5.41, 5.74) is 5.01. The van der Waals surface area contributed by atoms with Crippen molar-refractivity contribution < 1.29 is 18.7 Å². The molecule has 2 N–H and O–H groups in total. The third-order valence-corrected chi connectivity index (χ3v) is 4.51. The number of furan rings is 1. The van der Waals surface area contributed by atoms with Crippen LogP contribution in [0.3, 0.4) is 0 Å². The zero-order chi connectivity index (χ0) is 21.0. The molecule has 0 spiro atoms. The molecule has 0 bridgehead atoms. The highest BCUT2D eigenvalue weighted by Crippen LogP contribution is 2.23. The van der Waals surface area contributed by atoms with E-state index < -0.39 is 11.9 Å². The van der Waals surface area contributed by atoms with Crippen LogP contribution >= 0.6 is 11.6 Å². The molecular formula is C21H20ClN3O4. The van der Waals surface area contributed by atoms with Crippen molar-refractivity contribution >= 4 is 29.7 Å². The average Bonchev–Trinajstić information content (AvgIpc) is 3.27. The number of carbonyl (C=O) groups is 2. The Labute approximate surface area is 172 Å². The Balaban J connectivity index is 1.69. The van der Waals surface area contributed by atoms with E-state index in [2.05, 4.69) is 15.5 Å². The van der Waals surface area contributed by atoms with Gasteiger partial charge in [-0.25, -0.2) is 10.2 Å². The monoisotopic (exact) mass is 413 g/mol. The van der Waals surface area contributed by atoms with Crippen LogP contribution in [0.1, 0.15) is 44.8 Å². The summed E-state index contributed by atoms with van der Waals surface area (Å²) in [7, 11) is 0. The van der Waals surface area contributed by atoms with Crippen molar-refractivity contribution in [2.24, 2.45) is 5.10 Å². The highest BCUT2D eigenvalue weighted by molar-refractivity contribution is 6.30. The van der Waals surface area contributed by atoms with E-state index in [0.717, 1.165) is 5.56 Å². The van der Waals surface area contributed by atoms with Gasteiger partial charge in [0, 0.05) is 16.3 Å². The van der Waals surface area contributed by atoms with E-state index in [0.29, 0.717) is 33.4 Å². The van der Waals surface area contributed by atoms with E-state index in [1.54, 1.807) is 45.0 Å². The van der Waals surface area contributed by atoms with E-state index >= 15 is 0 Å². The molecule has 7 nitrogen and oxygen atoms in total. The summed E-state index contributed by atoms with van der Waals surface area (Å²) in [6, 6.07) is 10.8. The van der Waals surface area contributed by atoms with Crippen LogP contribution in [0.4, 0.5) is 0 Å². The Kier molecular flexibility index (Phi) is 6.19. The lowest BCUT2D eigenvalue weighted by molar-refractivity contribution is 0.0519. The van der Waals surface area contributed by atoms with Gasteiger partial charge in [0.15, 0.2) is 0 Å². The number of aromatic nitrogens is 1. The molecule has 3 aromatic rings. The van der Waals surface area contributed by atoms with Crippen LogP contribution in [0, 0.1) is 13.8 Å². The van der Waals surface area contributed by atoms with Gasteiger partial charge in [0.1, 0.15) is 17.2 Å². The van der Waals surface area contributed by atoms with Crippen LogP contribution in [0.25, 0.3) is 11.3 Å². The minimum atomic E-state index is -0.499. The summed E-state index contributed by atoms with van der Waals surface area (Å²) >= 11 is 5.89. The third kappa shape index (κ3) is 4.57. The summed E-state index contributed by atoms with van der Waals surface area (Å²) in [5.74, 6) is 0.198. The molecule has 0 atom stereocenters. The number of H-pyrrole nitrogens is 1. The topological polar surface area (TPSA) is 96.7 Å². The van der Waals surface area contributed by atoms with Gasteiger partial charge in [-0.2, -0.15) is 5.10 Å². The average molecular weight is 414 g/mol. The molecule has 2 aromatic heterocycles. The summed E-state index contributed by atoms with van der Waals surface area (Å²) in [6.45, 7) is 5.36. The number of nitrogens with zero attached hydrogens (tertiary/aromatic N) is 1. The smallest absolute Gasteiger partial charge is 0.355 e. The number of carbonyl (C=O) groups excluding carboxylic acids is 2. The van der Waals surface area contributed by atoms with Crippen molar-refractivity contribution in [3.63, 3.8) is 0 Å². The number of nitrogens with one attached hydrogen (secondary N) is 2. The number of esters is 1. The quantitative estimate of drug-likeness (QED) is 0.353. The predicted octanol–water partition coefficient (Wildman–Crippen LogP) is 4.49. The zero-order valence-electron chi connectivity index (χ0n) is 16.2. The van der Waals surface area contributed by atoms with Crippen LogP contribution in [0.15, 0.2) is 45.9 Å². The molecule has 3 rings (SSSR count). The van der Waals surface area contributed by atoms with Gasteiger partial charge in [-0.3, -0.25) is 4.79 Å². The minimum Gasteiger partial charge on any atom is -0.461 e. The Morgan fingerprint density at radius 1 is 1.21 bits per heavy atom. The number of hydrogen-bond donors (Lipinski definition) is 2. The highest BCUT2D eigenvalue weighted by atomic mass is 35.5. The van der Waals surface area contributed by atoms with E-state index in [4.69, 9.17) is 20.8 Å². The molecule has 29 heavy (non-hydrogen) atoms. The second-order valence-electron chi connectivity index (χ2n) is 6.25. The minimum absolute atomic E-state index is 0.253. The van der Waals surface area contributed by atoms with Crippen molar-refractivity contribution in [1.29, 1.82) is 0 Å². The lowest BCUT2D eigenvalue weighted by Crippen LogP contribution is -2.19. The molecule has 150 valence electrons. The number of aromatic amines is 1. The van der Waals surface area contributed by atoms with E-state index in [1.807, 2.05) is 12.1 Å². The first kappa shape index (κ1) is 20.4. The molecular weight excluding hydrogens is 394 g/mol. The van der Waals surface area contributed by atoms with Crippen LogP contribution in [-0.4, -0.2) is 29.7 Å². The Bertz CT molecular complexity index is 1060. The fourth-order valence-electron chi connectivity index (χ4n) is 2.90. The molecule has 0 aliphatic carbocycles. The summed E-state index contributed by atoms with van der Waals surface area (Å²) in [6.07, 6.45) is 1.40. The largest absolute Gasteiger partial charge is 0.461 e. The molecule has 0 aliphatic rings. The Morgan fingerprint density at radius 2 is 1.93 bits per heavy atom. The molecule has 2 heterocycles. The van der Waals surface area contributed by atoms with E-state index in [1.165, 1.54) is 6.21 Å². The van der Waals surface area contributed by atoms with Gasteiger partial charge < -0.3 is 14.1 Å². The maximum atomic E-state index is 12.5. The fourth-order valence-corrected chi connectivity index (χ4v) is 3.03. The van der Waals surface area contributed by atoms with Gasteiger partial charge >= 0.3 is 5.97 Å². The molecule has 0 fully saturated rings. The number of ether oxygens (including phenoxy) is 1. The Morgan fingerprint density at radius 3 is 2.62 bits per heavy atom. The summed E-state index contributed by atoms with van der Waals surface area (Å²) in [5, 5.41) is 4.59. The second-order valence-corrected chi connectivity index (χ2v) is 6.69. The standard InChI is InChI=1S/C21H20ClN3O4/c1-4-28-21(27)19-12(2)18(13(3)24-19)20(26)25-23-11-16-9-10-17(29-16)14-5-7-15(22)8-6-14/h5-11,24H,4H2,1-3H3,(H,25,26)/b23-11-. The summed E-state index contributed by atoms with van der Waals surface area (Å²) in [4.78, 5) is 27.3. The van der Waals surface area contributed by atoms with Crippen molar-refractivity contribution in [2.45, 2.75) is 20.8 Å². The van der Waals surface area contributed by atoms with Crippen LogP contribution in [-0.2, 0) is 4.74 Å². The lowest BCUT2D eigenvalue weighted by Gasteiger charge is -2.02. The van der Waals surface area contributed by atoms with Crippen LogP contribution in [0.5, 0.6) is 0 Å². The number of hydrazone groups is 1. The van der Waals surface area contributed by atoms with Gasteiger partial charge in [0.2, 0.25) is 0 Å². The Hall–Kier alpha value is -3.32. The first-order chi connectivity index (χ1) is 13.9. The molecule has 0 unspecified atom stereocenters. The fraction of sp³-hybridized carbons (Fsp3) is 0.190. The number of aryl methyl sites for hydroxylation is 1. The highest BCUT2D eigenvalue weighted by Gasteiger charge is 2.22. The first-order valence-corrected chi connectivity index (χ1v) is 9.34. The molecule has 0 saturated carbocycles. The van der Waals surface area contributed by atoms with Gasteiger partial charge in [-0.05, 0) is 62.7 Å². The van der Waals surface area contributed by atoms with Crippen LogP contribution < -0.4 is 5.43 Å². The number of hydrogen-bond acceptors (Lipinski definition) is 5. The molecule has 8 heteroatoms. The molecule has 1 aromatic carbocycles. The number of benzene rings is 1. The second kappa shape index (κ2) is 8.79. The van der Waals surface area contributed by atoms with Crippen LogP contribution in [0.2, 0.25) is 5.02 Å². The summed E-state index contributed by atoms with van der Waals surface area (Å²) < 4.78 is 10.7. The molecule has 0 saturated heterocycles. The lowest BCUT2D eigenvalue weighted by atomic mass is 10.1. The van der Waals surface area contributed by atoms with Gasteiger partial charge in [-0.15, -0.1) is 0 Å². The van der Waals surface area contributed by atoms with Gasteiger partial charge in [0.05, 0.1) is 18.4 Å². The van der Waals surface area contributed by atoms with Gasteiger partial charge in [-0.1, -0.05) is 11.6 Å². The van der Waals surface area contributed by atoms with E-state index in [-0.39, 0.29) is 12.3 Å². The van der Waals surface area contributed by atoms with E-state index in [9.17, 15) is 9.59 Å².